The van der Waals surface area contributed by atoms with Crippen molar-refractivity contribution in [1.82, 2.24) is 5.32 Å². The van der Waals surface area contributed by atoms with Crippen LogP contribution in [0.4, 0.5) is 10.5 Å². The van der Waals surface area contributed by atoms with Crippen molar-refractivity contribution in [2.45, 2.75) is 76.7 Å². The van der Waals surface area contributed by atoms with Crippen LogP contribution in [0.3, 0.4) is 0 Å². The zero-order valence-electron chi connectivity index (χ0n) is 16.6. The van der Waals surface area contributed by atoms with Gasteiger partial charge >= 0.3 is 6.09 Å². The Morgan fingerprint density at radius 2 is 1.78 bits per heavy atom. The van der Waals surface area contributed by atoms with Gasteiger partial charge in [0.1, 0.15) is 17.5 Å². The van der Waals surface area contributed by atoms with Gasteiger partial charge in [0.15, 0.2) is 0 Å². The molecule has 2 aliphatic rings. The van der Waals surface area contributed by atoms with E-state index in [4.69, 9.17) is 14.2 Å². The van der Waals surface area contributed by atoms with E-state index in [0.717, 1.165) is 50.1 Å². The summed E-state index contributed by atoms with van der Waals surface area (Å²) in [4.78, 5) is 11.9. The van der Waals surface area contributed by atoms with E-state index >= 15 is 0 Å². The van der Waals surface area contributed by atoms with Crippen LogP contribution in [-0.4, -0.2) is 43.1 Å². The summed E-state index contributed by atoms with van der Waals surface area (Å²) in [5.74, 6) is 0.891. The molecule has 0 spiro atoms. The molecular formula is C21H32N2O4. The van der Waals surface area contributed by atoms with Crippen LogP contribution >= 0.6 is 0 Å². The smallest absolute Gasteiger partial charge is 0.407 e. The van der Waals surface area contributed by atoms with Crippen LogP contribution in [0.5, 0.6) is 5.75 Å². The number of alkyl carbamates (subject to hydrolysis) is 1. The Labute approximate surface area is 161 Å². The molecule has 0 radical (unpaired) electrons. The van der Waals surface area contributed by atoms with Gasteiger partial charge in [-0.25, -0.2) is 4.79 Å². The second-order valence-electron chi connectivity index (χ2n) is 8.44. The van der Waals surface area contributed by atoms with Crippen LogP contribution in [0, 0.1) is 0 Å². The van der Waals surface area contributed by atoms with Gasteiger partial charge in [-0.3, -0.25) is 0 Å². The molecular weight excluding hydrogens is 344 g/mol. The molecule has 1 saturated carbocycles. The maximum atomic E-state index is 11.9. The number of amides is 1. The highest BCUT2D eigenvalue weighted by atomic mass is 16.6. The lowest BCUT2D eigenvalue weighted by molar-refractivity contribution is 0.0492. The fourth-order valence-corrected chi connectivity index (χ4v) is 3.55. The van der Waals surface area contributed by atoms with E-state index < -0.39 is 5.60 Å². The molecule has 1 aromatic rings. The van der Waals surface area contributed by atoms with Crippen LogP contribution < -0.4 is 15.4 Å². The van der Waals surface area contributed by atoms with Crippen LogP contribution in [0.15, 0.2) is 24.3 Å². The fraction of sp³-hybridized carbons (Fsp3) is 0.667. The zero-order valence-corrected chi connectivity index (χ0v) is 16.6. The quantitative estimate of drug-likeness (QED) is 0.810. The van der Waals surface area contributed by atoms with Gasteiger partial charge in [-0.2, -0.15) is 0 Å². The summed E-state index contributed by atoms with van der Waals surface area (Å²) < 4.78 is 16.9. The fourth-order valence-electron chi connectivity index (χ4n) is 3.55. The molecule has 1 saturated heterocycles. The van der Waals surface area contributed by atoms with E-state index in [1.165, 1.54) is 0 Å². The van der Waals surface area contributed by atoms with Gasteiger partial charge in [-0.15, -0.1) is 0 Å². The van der Waals surface area contributed by atoms with Crippen molar-refractivity contribution in [3.8, 4) is 5.75 Å². The maximum absolute atomic E-state index is 11.9. The van der Waals surface area contributed by atoms with E-state index in [1.807, 2.05) is 39.0 Å². The summed E-state index contributed by atoms with van der Waals surface area (Å²) in [6, 6.07) is 8.66. The van der Waals surface area contributed by atoms with Crippen LogP contribution in [0.25, 0.3) is 0 Å². The first-order valence-corrected chi connectivity index (χ1v) is 9.98. The van der Waals surface area contributed by atoms with Gasteiger partial charge in [-0.1, -0.05) is 12.1 Å². The number of benzene rings is 1. The van der Waals surface area contributed by atoms with Gasteiger partial charge in [0.2, 0.25) is 0 Å². The predicted octanol–water partition coefficient (Wildman–Crippen LogP) is 4.10. The molecule has 1 aliphatic carbocycles. The van der Waals surface area contributed by atoms with Crippen LogP contribution in [-0.2, 0) is 9.47 Å². The van der Waals surface area contributed by atoms with Crippen molar-refractivity contribution in [2.75, 3.05) is 18.5 Å². The van der Waals surface area contributed by atoms with E-state index in [-0.39, 0.29) is 18.2 Å². The molecule has 0 unspecified atom stereocenters. The molecule has 1 heterocycles. The van der Waals surface area contributed by atoms with Gasteiger partial charge in [-0.05, 0) is 58.6 Å². The topological polar surface area (TPSA) is 68.8 Å². The molecule has 1 aromatic carbocycles. The van der Waals surface area contributed by atoms with E-state index in [2.05, 4.69) is 16.7 Å². The average molecular weight is 376 g/mol. The first-order valence-electron chi connectivity index (χ1n) is 9.98. The highest BCUT2D eigenvalue weighted by Crippen LogP contribution is 2.30. The number of carbonyl (C=O) groups excluding carboxylic acids is 1. The molecule has 6 heteroatoms. The number of hydrogen-bond acceptors (Lipinski definition) is 5. The Hall–Kier alpha value is -1.95. The van der Waals surface area contributed by atoms with Crippen molar-refractivity contribution in [2.24, 2.45) is 0 Å². The first kappa shape index (κ1) is 19.8. The van der Waals surface area contributed by atoms with Gasteiger partial charge in [0, 0.05) is 18.5 Å². The summed E-state index contributed by atoms with van der Waals surface area (Å²) in [5, 5.41) is 6.62. The van der Waals surface area contributed by atoms with Crippen molar-refractivity contribution in [1.29, 1.82) is 0 Å². The third-order valence-electron chi connectivity index (χ3n) is 4.88. The Morgan fingerprint density at radius 1 is 1.07 bits per heavy atom. The Balaban J connectivity index is 1.47. The van der Waals surface area contributed by atoms with Crippen LogP contribution in [0.1, 0.15) is 52.9 Å². The van der Waals surface area contributed by atoms with Crippen molar-refractivity contribution in [3.63, 3.8) is 0 Å². The second-order valence-corrected chi connectivity index (χ2v) is 8.44. The second kappa shape index (κ2) is 8.83. The SMILES string of the molecule is CC(C)(C)OC(=O)NC1CCC(Nc2ccccc2O[C@H]2CCOC2)CC1. The number of anilines is 1. The molecule has 27 heavy (non-hydrogen) atoms. The van der Waals surface area contributed by atoms with Gasteiger partial charge < -0.3 is 24.8 Å². The Kier molecular flexibility index (Phi) is 6.47. The molecule has 1 atom stereocenters. The van der Waals surface area contributed by atoms with Gasteiger partial charge in [0.05, 0.1) is 18.9 Å². The molecule has 3 rings (SSSR count). The number of carbonyl (C=O) groups is 1. The lowest BCUT2D eigenvalue weighted by atomic mass is 9.91. The summed E-state index contributed by atoms with van der Waals surface area (Å²) in [6.07, 6.45) is 4.64. The normalized spacial score (nSPS) is 25.7. The summed E-state index contributed by atoms with van der Waals surface area (Å²) in [6.45, 7) is 7.07. The van der Waals surface area contributed by atoms with E-state index in [9.17, 15) is 4.79 Å². The lowest BCUT2D eigenvalue weighted by Crippen LogP contribution is -2.42. The van der Waals surface area contributed by atoms with E-state index in [1.54, 1.807) is 0 Å². The van der Waals surface area contributed by atoms with E-state index in [0.29, 0.717) is 12.6 Å². The molecule has 1 amide bonds. The molecule has 1 aliphatic heterocycles. The minimum atomic E-state index is -0.461. The lowest BCUT2D eigenvalue weighted by Gasteiger charge is -2.31. The minimum absolute atomic E-state index is 0.140. The van der Waals surface area contributed by atoms with Crippen molar-refractivity contribution >= 4 is 11.8 Å². The first-order chi connectivity index (χ1) is 12.9. The van der Waals surface area contributed by atoms with Gasteiger partial charge in [0.25, 0.3) is 0 Å². The minimum Gasteiger partial charge on any atom is -0.486 e. The summed E-state index contributed by atoms with van der Waals surface area (Å²) in [5.41, 5.74) is 0.574. The summed E-state index contributed by atoms with van der Waals surface area (Å²) in [7, 11) is 0. The zero-order chi connectivity index (χ0) is 19.3. The standard InChI is InChI=1S/C21H32N2O4/c1-21(2,3)27-20(24)23-16-10-8-15(9-11-16)22-18-6-4-5-7-19(18)26-17-12-13-25-14-17/h4-7,15-17,22H,8-14H2,1-3H3,(H,23,24)/t15?,16?,17-/m0/s1. The largest absolute Gasteiger partial charge is 0.486 e. The monoisotopic (exact) mass is 376 g/mol. The molecule has 0 bridgehead atoms. The Bertz CT molecular complexity index is 615. The average Bonchev–Trinajstić information content (AvgIpc) is 3.10. The number of para-hydroxylation sites is 2. The number of nitrogens with one attached hydrogen (secondary N) is 2. The molecule has 2 N–H and O–H groups in total. The molecule has 150 valence electrons. The van der Waals surface area contributed by atoms with Crippen molar-refractivity contribution < 1.29 is 19.0 Å². The van der Waals surface area contributed by atoms with Crippen molar-refractivity contribution in [3.05, 3.63) is 24.3 Å². The molecule has 2 fully saturated rings. The summed E-state index contributed by atoms with van der Waals surface area (Å²) >= 11 is 0. The predicted molar refractivity (Wildman–Crippen MR) is 105 cm³/mol. The maximum Gasteiger partial charge on any atom is 0.407 e. The molecule has 6 nitrogen and oxygen atoms in total. The highest BCUT2D eigenvalue weighted by molar-refractivity contribution is 5.68. The molecule has 0 aromatic heterocycles. The number of rotatable bonds is 5. The Morgan fingerprint density at radius 3 is 2.44 bits per heavy atom. The third-order valence-corrected chi connectivity index (χ3v) is 4.88. The highest BCUT2D eigenvalue weighted by Gasteiger charge is 2.25. The number of hydrogen-bond donors (Lipinski definition) is 2. The van der Waals surface area contributed by atoms with Crippen LogP contribution in [0.2, 0.25) is 0 Å². The third kappa shape index (κ3) is 6.31. The number of ether oxygens (including phenoxy) is 3.